The van der Waals surface area contributed by atoms with Gasteiger partial charge in [0.15, 0.2) is 0 Å². The monoisotopic (exact) mass is 854 g/mol. The molecule has 326 valence electrons. The van der Waals surface area contributed by atoms with Crippen LogP contribution in [0.5, 0.6) is 0 Å². The van der Waals surface area contributed by atoms with E-state index in [0.717, 1.165) is 92.8 Å². The van der Waals surface area contributed by atoms with Crippen LogP contribution in [0.1, 0.15) is 107 Å². The summed E-state index contributed by atoms with van der Waals surface area (Å²) in [5.74, 6) is -0.787. The molecule has 4 aromatic rings. The van der Waals surface area contributed by atoms with E-state index >= 15 is 0 Å². The van der Waals surface area contributed by atoms with Crippen LogP contribution in [0.25, 0.3) is 11.0 Å². The first-order chi connectivity index (χ1) is 29.8. The number of benzene rings is 2. The quantitative estimate of drug-likeness (QED) is 0.224. The molecule has 5 aliphatic heterocycles. The molecule has 0 spiro atoms. The fourth-order valence-electron chi connectivity index (χ4n) is 11.1. The van der Waals surface area contributed by atoms with Gasteiger partial charge in [0.05, 0.1) is 41.2 Å². The fourth-order valence-corrected chi connectivity index (χ4v) is 11.1. The molecular formula is C45H49F3N8O6. The lowest BCUT2D eigenvalue weighted by Crippen LogP contribution is -2.44. The summed E-state index contributed by atoms with van der Waals surface area (Å²) in [7, 11) is 1.75. The van der Waals surface area contributed by atoms with E-state index in [1.165, 1.54) is 12.1 Å². The number of hydrogen-bond donors (Lipinski definition) is 2. The number of halogens is 3. The number of aryl methyl sites for hydroxylation is 1. The molecule has 17 heteroatoms. The first-order valence-electron chi connectivity index (χ1n) is 21.8. The van der Waals surface area contributed by atoms with E-state index in [0.29, 0.717) is 49.0 Å². The topological polar surface area (TPSA) is 151 Å². The van der Waals surface area contributed by atoms with E-state index in [4.69, 9.17) is 4.74 Å². The summed E-state index contributed by atoms with van der Waals surface area (Å²) in [5, 5.41) is 5.23. The lowest BCUT2D eigenvalue weighted by molar-refractivity contribution is -0.141. The minimum Gasteiger partial charge on any atom is -0.374 e. The summed E-state index contributed by atoms with van der Waals surface area (Å²) in [6, 6.07) is 12.3. The Bertz CT molecular complexity index is 2540. The second-order valence-electron chi connectivity index (χ2n) is 18.0. The van der Waals surface area contributed by atoms with E-state index < -0.39 is 29.7 Å². The Kier molecular flexibility index (Phi) is 10.2. The summed E-state index contributed by atoms with van der Waals surface area (Å²) >= 11 is 0. The predicted molar refractivity (Wildman–Crippen MR) is 222 cm³/mol. The molecule has 14 nitrogen and oxygen atoms in total. The van der Waals surface area contributed by atoms with Crippen molar-refractivity contribution in [3.05, 3.63) is 87.1 Å². The number of fused-ring (bicyclic) bond motifs is 4. The van der Waals surface area contributed by atoms with Gasteiger partial charge in [-0.15, -0.1) is 0 Å². The predicted octanol–water partition coefficient (Wildman–Crippen LogP) is 5.36. The number of carbonyl (C=O) groups is 4. The van der Waals surface area contributed by atoms with E-state index in [9.17, 15) is 37.1 Å². The van der Waals surface area contributed by atoms with Gasteiger partial charge in [-0.2, -0.15) is 13.2 Å². The molecule has 5 fully saturated rings. The minimum absolute atomic E-state index is 0.0362. The molecule has 2 aromatic carbocycles. The zero-order chi connectivity index (χ0) is 43.0. The summed E-state index contributed by atoms with van der Waals surface area (Å²) in [6.07, 6.45) is 2.30. The number of para-hydroxylation sites is 1. The highest BCUT2D eigenvalue weighted by atomic mass is 19.4. The molecule has 6 aliphatic rings. The molecule has 1 unspecified atom stereocenters. The van der Waals surface area contributed by atoms with Crippen LogP contribution in [0.2, 0.25) is 0 Å². The summed E-state index contributed by atoms with van der Waals surface area (Å²) in [4.78, 5) is 75.8. The van der Waals surface area contributed by atoms with E-state index in [1.54, 1.807) is 16.2 Å². The maximum atomic E-state index is 14.1. The van der Waals surface area contributed by atoms with E-state index in [-0.39, 0.29) is 53.7 Å². The lowest BCUT2D eigenvalue weighted by atomic mass is 9.83. The van der Waals surface area contributed by atoms with Crippen molar-refractivity contribution in [1.29, 1.82) is 0 Å². The lowest BCUT2D eigenvalue weighted by Gasteiger charge is -2.38. The molecule has 4 amide bonds. The third-order valence-corrected chi connectivity index (χ3v) is 14.2. The molecule has 62 heavy (non-hydrogen) atoms. The molecular weight excluding hydrogens is 806 g/mol. The molecule has 2 N–H and O–H groups in total. The Morgan fingerprint density at radius 1 is 0.935 bits per heavy atom. The minimum atomic E-state index is -4.69. The smallest absolute Gasteiger partial charge is 0.374 e. The van der Waals surface area contributed by atoms with Crippen molar-refractivity contribution < 1.29 is 37.1 Å². The molecule has 1 aliphatic carbocycles. The summed E-state index contributed by atoms with van der Waals surface area (Å²) in [5.41, 5.74) is 3.40. The summed E-state index contributed by atoms with van der Waals surface area (Å²) in [6.45, 7) is 4.35. The van der Waals surface area contributed by atoms with Gasteiger partial charge in [0.1, 0.15) is 17.4 Å². The largest absolute Gasteiger partial charge is 0.433 e. The Labute approximate surface area is 355 Å². The van der Waals surface area contributed by atoms with Gasteiger partial charge in [-0.25, -0.2) is 9.78 Å². The number of carbonyl (C=O) groups excluding carboxylic acids is 4. The number of alkyl halides is 3. The van der Waals surface area contributed by atoms with Gasteiger partial charge in [0.25, 0.3) is 11.8 Å². The standard InChI is InChI=1S/C45H49F3N8O6/c1-52-40-31(4-2-6-35(40)56(44(52)61)36-12-13-39(57)51-42(36)59)26-14-16-53(17-15-26)21-25-8-10-28(11-9-25)55-22-27-18-34(50-41(58)33-5-3-7-38(49-33)45(46,47)48)37(20-32(27)43(55)60)54-23-30-19-29(54)24-62-30/h2-7,18,20,25-26,28-30,36H,8-17,19,21-24H2,1H3,(H,50,58)(H,51,57,59)/t25-,28-,29-,30-,36?/m0/s1. The Morgan fingerprint density at radius 2 is 1.71 bits per heavy atom. The molecule has 2 bridgehead atoms. The highest BCUT2D eigenvalue weighted by Crippen LogP contribution is 2.43. The maximum Gasteiger partial charge on any atom is 0.433 e. The SMILES string of the molecule is Cn1c(=O)n(C2CCC(=O)NC2=O)c2cccc(C3CCN(C[C@H]4CC[C@H](N5Cc6cc(NC(=O)c7cccc(C(F)(F)F)n7)c(N7C[C@@H]8C[C@H]7CO8)cc6C5=O)CC4)CC3)c21. The number of morpholine rings is 1. The number of anilines is 2. The second-order valence-corrected chi connectivity index (χ2v) is 18.0. The molecule has 2 aromatic heterocycles. The maximum absolute atomic E-state index is 14.1. The average Bonchev–Trinajstić information content (AvgIpc) is 4.04. The number of pyridine rings is 1. The van der Waals surface area contributed by atoms with Crippen molar-refractivity contribution in [3.63, 3.8) is 0 Å². The van der Waals surface area contributed by atoms with Crippen molar-refractivity contribution in [3.8, 4) is 0 Å². The van der Waals surface area contributed by atoms with Crippen LogP contribution in [0.15, 0.2) is 53.3 Å². The van der Waals surface area contributed by atoms with Crippen molar-refractivity contribution in [1.82, 2.24) is 29.2 Å². The van der Waals surface area contributed by atoms with Crippen LogP contribution in [-0.2, 0) is 34.1 Å². The van der Waals surface area contributed by atoms with Gasteiger partial charge in [0, 0.05) is 44.7 Å². The molecule has 4 saturated heterocycles. The Balaban J connectivity index is 0.779. The number of imidazole rings is 1. The van der Waals surface area contributed by atoms with Crippen LogP contribution in [0, 0.1) is 5.92 Å². The van der Waals surface area contributed by atoms with Crippen molar-refractivity contribution >= 4 is 46.0 Å². The number of likely N-dealkylation sites (tertiary alicyclic amines) is 1. The highest BCUT2D eigenvalue weighted by Gasteiger charge is 2.43. The molecule has 7 heterocycles. The third kappa shape index (κ3) is 7.25. The number of hydrogen-bond acceptors (Lipinski definition) is 9. The van der Waals surface area contributed by atoms with Crippen molar-refractivity contribution in [2.45, 2.75) is 101 Å². The number of piperidine rings is 2. The third-order valence-electron chi connectivity index (χ3n) is 14.2. The van der Waals surface area contributed by atoms with Crippen LogP contribution < -0.4 is 21.2 Å². The zero-order valence-corrected chi connectivity index (χ0v) is 34.5. The van der Waals surface area contributed by atoms with Gasteiger partial charge in [-0.3, -0.25) is 33.6 Å². The number of amides is 4. The van der Waals surface area contributed by atoms with Crippen LogP contribution in [0.3, 0.4) is 0 Å². The highest BCUT2D eigenvalue weighted by molar-refractivity contribution is 6.07. The van der Waals surface area contributed by atoms with Gasteiger partial charge in [-0.1, -0.05) is 18.2 Å². The number of nitrogens with one attached hydrogen (secondary N) is 2. The van der Waals surface area contributed by atoms with E-state index in [1.807, 2.05) is 29.2 Å². The average molecular weight is 855 g/mol. The molecule has 1 saturated carbocycles. The van der Waals surface area contributed by atoms with Gasteiger partial charge in [0.2, 0.25) is 11.8 Å². The van der Waals surface area contributed by atoms with Crippen LogP contribution >= 0.6 is 0 Å². The molecule has 0 radical (unpaired) electrons. The first-order valence-corrected chi connectivity index (χ1v) is 21.8. The van der Waals surface area contributed by atoms with Gasteiger partial charge >= 0.3 is 11.9 Å². The Hall–Kier alpha value is -5.55. The number of rotatable bonds is 8. The van der Waals surface area contributed by atoms with Crippen LogP contribution in [0.4, 0.5) is 24.5 Å². The summed E-state index contributed by atoms with van der Waals surface area (Å²) < 4.78 is 49.3. The Morgan fingerprint density at radius 3 is 2.42 bits per heavy atom. The number of nitrogens with zero attached hydrogens (tertiary/aromatic N) is 6. The van der Waals surface area contributed by atoms with Crippen LogP contribution in [-0.4, -0.2) is 98.5 Å². The normalized spacial score (nSPS) is 25.8. The molecule has 3 atom stereocenters. The van der Waals surface area contributed by atoms with Gasteiger partial charge < -0.3 is 24.8 Å². The second kappa shape index (κ2) is 15.7. The number of imide groups is 1. The van der Waals surface area contributed by atoms with E-state index in [2.05, 4.69) is 31.5 Å². The number of ether oxygens (including phenoxy) is 1. The van der Waals surface area contributed by atoms with Crippen molar-refractivity contribution in [2.24, 2.45) is 13.0 Å². The van der Waals surface area contributed by atoms with Gasteiger partial charge in [-0.05, 0) is 118 Å². The number of aromatic nitrogens is 3. The fraction of sp³-hybridized carbons (Fsp3) is 0.511. The zero-order valence-electron chi connectivity index (χ0n) is 34.5. The molecule has 10 rings (SSSR count). The van der Waals surface area contributed by atoms with Crippen molar-refractivity contribution in [2.75, 3.05) is 43.0 Å². The first kappa shape index (κ1) is 40.5.